The monoisotopic (exact) mass is 1470 g/mol. The number of phosphoric ester groups is 2. The summed E-state index contributed by atoms with van der Waals surface area (Å²) in [6.07, 6.45) is 84.1. The number of carbonyl (C=O) groups is 4. The molecule has 0 amide bonds. The van der Waals surface area contributed by atoms with Crippen LogP contribution in [0.5, 0.6) is 0 Å². The van der Waals surface area contributed by atoms with Gasteiger partial charge >= 0.3 is 39.5 Å². The van der Waals surface area contributed by atoms with Crippen molar-refractivity contribution in [2.45, 2.75) is 316 Å². The zero-order valence-corrected chi connectivity index (χ0v) is 65.3. The Hall–Kier alpha value is -5.06. The van der Waals surface area contributed by atoms with Gasteiger partial charge in [-0.2, -0.15) is 0 Å². The number of phosphoric acid groups is 2. The maximum absolute atomic E-state index is 13.1. The molecule has 0 fully saturated rings. The highest BCUT2D eigenvalue weighted by molar-refractivity contribution is 7.47. The number of ether oxygens (including phenoxy) is 4. The first kappa shape index (κ1) is 96.9. The van der Waals surface area contributed by atoms with Crippen LogP contribution in [0.1, 0.15) is 297 Å². The minimum atomic E-state index is -4.99. The van der Waals surface area contributed by atoms with Crippen LogP contribution in [0.25, 0.3) is 0 Å². The van der Waals surface area contributed by atoms with Crippen molar-refractivity contribution in [1.29, 1.82) is 0 Å². The van der Waals surface area contributed by atoms with Crippen LogP contribution in [0.3, 0.4) is 0 Å². The van der Waals surface area contributed by atoms with Gasteiger partial charge in [-0.05, 0) is 141 Å². The number of hydrogen-bond acceptors (Lipinski definition) is 15. The molecular weight excluding hydrogens is 1330 g/mol. The number of carbonyl (C=O) groups excluding carboxylic acids is 4. The van der Waals surface area contributed by atoms with Crippen molar-refractivity contribution in [3.05, 3.63) is 146 Å². The highest BCUT2D eigenvalue weighted by Crippen LogP contribution is 2.45. The molecule has 582 valence electrons. The van der Waals surface area contributed by atoms with Crippen molar-refractivity contribution in [3.8, 4) is 0 Å². The van der Waals surface area contributed by atoms with Crippen molar-refractivity contribution >= 4 is 39.5 Å². The molecule has 0 aromatic heterocycles. The molecule has 0 radical (unpaired) electrons. The second-order valence-electron chi connectivity index (χ2n) is 25.5. The molecule has 5 unspecified atom stereocenters. The van der Waals surface area contributed by atoms with Crippen molar-refractivity contribution in [1.82, 2.24) is 0 Å². The Labute approximate surface area is 617 Å². The van der Waals surface area contributed by atoms with E-state index < -0.39 is 97.5 Å². The van der Waals surface area contributed by atoms with Crippen LogP contribution in [-0.4, -0.2) is 96.7 Å². The molecule has 0 aliphatic rings. The fourth-order valence-electron chi connectivity index (χ4n) is 9.96. The van der Waals surface area contributed by atoms with Crippen LogP contribution in [0.15, 0.2) is 146 Å². The van der Waals surface area contributed by atoms with E-state index in [1.54, 1.807) is 0 Å². The standard InChI is InChI=1S/C83H138O17P2/c1-5-9-13-17-21-25-29-32-35-37-38-40-42-45-49-52-56-60-64-68-81(86)94-74-79(100-83(88)70-66-62-58-54-50-46-43-39-36-33-30-26-22-18-14-10-6-2)76-98-102(91,92)96-72-77(84)71-95-101(89,90)97-75-78(99-82(87)69-65-61-57-53-47-28-24-20-16-12-8-4)73-93-80(85)67-63-59-55-51-48-44-41-34-31-27-23-19-15-11-7-3/h9-11,13-15,21-23,25-27,32-36,38,40-41,45,48-49,51,77-79,84H,5-8,12,16-20,24,28-31,37,39,42-44,46-47,50,52-76H2,1-4H3,(H,89,90)(H,91,92)/b13-9-,14-10-,15-11-,25-21-,26-22-,27-23-,35-32-,36-33-,40-38-,41-34-,49-45-,51-48-. The number of rotatable bonds is 72. The van der Waals surface area contributed by atoms with Gasteiger partial charge in [0.05, 0.1) is 26.4 Å². The largest absolute Gasteiger partial charge is 0.472 e. The summed E-state index contributed by atoms with van der Waals surface area (Å²) in [6, 6.07) is 0. The maximum atomic E-state index is 13.1. The van der Waals surface area contributed by atoms with Crippen LogP contribution < -0.4 is 0 Å². The van der Waals surface area contributed by atoms with Crippen molar-refractivity contribution in [3.63, 3.8) is 0 Å². The third-order valence-electron chi connectivity index (χ3n) is 15.8. The van der Waals surface area contributed by atoms with Crippen molar-refractivity contribution in [2.75, 3.05) is 39.6 Å². The summed E-state index contributed by atoms with van der Waals surface area (Å²) in [4.78, 5) is 72.9. The molecule has 0 saturated carbocycles. The molecule has 17 nitrogen and oxygen atoms in total. The Kier molecular flexibility index (Phi) is 70.5. The van der Waals surface area contributed by atoms with E-state index in [9.17, 15) is 43.2 Å². The van der Waals surface area contributed by atoms with Gasteiger partial charge in [0.1, 0.15) is 19.3 Å². The van der Waals surface area contributed by atoms with Crippen LogP contribution in [0.4, 0.5) is 0 Å². The lowest BCUT2D eigenvalue weighted by molar-refractivity contribution is -0.161. The third-order valence-corrected chi connectivity index (χ3v) is 17.7. The first-order chi connectivity index (χ1) is 49.7. The van der Waals surface area contributed by atoms with Gasteiger partial charge in [0.25, 0.3) is 0 Å². The topological polar surface area (TPSA) is 237 Å². The molecule has 0 rings (SSSR count). The van der Waals surface area contributed by atoms with Crippen LogP contribution in [-0.2, 0) is 65.4 Å². The SMILES string of the molecule is CC/C=C\C/C=C\C/C=C\C/C=C\C/C=C\CCCCCC(=O)OCC(COP(=O)(O)OCC(O)COP(=O)(O)OCC(COC(=O)CCCC/C=C\C/C=C\C/C=C\C/C=C\CC)OC(=O)CCCCCCCCCCCCC)OC(=O)CCCCCCCCC/C=C\C/C=C\C/C=C\CC. The van der Waals surface area contributed by atoms with Gasteiger partial charge < -0.3 is 33.8 Å². The average molecular weight is 1470 g/mol. The predicted molar refractivity (Wildman–Crippen MR) is 417 cm³/mol. The molecule has 0 bridgehead atoms. The Balaban J connectivity index is 5.41. The molecule has 0 saturated heterocycles. The van der Waals surface area contributed by atoms with Gasteiger partial charge in [0, 0.05) is 25.7 Å². The normalized spacial score (nSPS) is 14.7. The molecular formula is C83H138O17P2. The van der Waals surface area contributed by atoms with E-state index in [-0.39, 0.29) is 25.7 Å². The summed E-state index contributed by atoms with van der Waals surface area (Å²) in [5.74, 6) is -2.27. The highest BCUT2D eigenvalue weighted by atomic mass is 31.2. The molecule has 0 aliphatic heterocycles. The Morgan fingerprint density at radius 3 is 0.814 bits per heavy atom. The number of aliphatic hydroxyl groups excluding tert-OH is 1. The molecule has 19 heteroatoms. The van der Waals surface area contributed by atoms with E-state index in [0.29, 0.717) is 25.7 Å². The Bertz CT molecular complexity index is 2510. The maximum Gasteiger partial charge on any atom is 0.472 e. The fourth-order valence-corrected chi connectivity index (χ4v) is 11.5. The quantitative estimate of drug-likeness (QED) is 0.0169. The summed E-state index contributed by atoms with van der Waals surface area (Å²) in [5, 5.41) is 10.6. The van der Waals surface area contributed by atoms with E-state index >= 15 is 0 Å². The lowest BCUT2D eigenvalue weighted by atomic mass is 10.1. The first-order valence-corrected chi connectivity index (χ1v) is 42.1. The van der Waals surface area contributed by atoms with E-state index in [1.165, 1.54) is 38.5 Å². The number of unbranched alkanes of at least 4 members (excludes halogenated alkanes) is 22. The molecule has 0 aliphatic carbocycles. The van der Waals surface area contributed by atoms with Crippen LogP contribution in [0, 0.1) is 0 Å². The summed E-state index contributed by atoms with van der Waals surface area (Å²) in [6.45, 7) is 4.43. The average Bonchev–Trinajstić information content (AvgIpc) is 0.921. The Morgan fingerprint density at radius 2 is 0.510 bits per heavy atom. The number of aliphatic hydroxyl groups is 1. The molecule has 0 aromatic rings. The van der Waals surface area contributed by atoms with E-state index in [2.05, 4.69) is 174 Å². The lowest BCUT2D eigenvalue weighted by Crippen LogP contribution is -2.30. The fraction of sp³-hybridized carbons (Fsp3) is 0.663. The third kappa shape index (κ3) is 73.3. The summed E-state index contributed by atoms with van der Waals surface area (Å²) in [7, 11) is -9.98. The minimum absolute atomic E-state index is 0.0711. The number of esters is 4. The highest BCUT2D eigenvalue weighted by Gasteiger charge is 2.30. The summed E-state index contributed by atoms with van der Waals surface area (Å²) in [5.41, 5.74) is 0. The zero-order chi connectivity index (χ0) is 74.6. The van der Waals surface area contributed by atoms with Gasteiger partial charge in [-0.1, -0.05) is 276 Å². The van der Waals surface area contributed by atoms with Gasteiger partial charge in [-0.25, -0.2) is 9.13 Å². The summed E-state index contributed by atoms with van der Waals surface area (Å²) < 4.78 is 68.5. The molecule has 102 heavy (non-hydrogen) atoms. The second kappa shape index (κ2) is 74.2. The van der Waals surface area contributed by atoms with E-state index in [1.807, 2.05) is 0 Å². The minimum Gasteiger partial charge on any atom is -0.462 e. The number of hydrogen-bond donors (Lipinski definition) is 3. The van der Waals surface area contributed by atoms with Gasteiger partial charge in [-0.3, -0.25) is 37.3 Å². The molecule has 0 spiro atoms. The van der Waals surface area contributed by atoms with E-state index in [4.69, 9.17) is 37.0 Å². The zero-order valence-electron chi connectivity index (χ0n) is 63.5. The first-order valence-electron chi connectivity index (χ1n) is 39.1. The van der Waals surface area contributed by atoms with Gasteiger partial charge in [0.2, 0.25) is 0 Å². The smallest absolute Gasteiger partial charge is 0.462 e. The van der Waals surface area contributed by atoms with Crippen molar-refractivity contribution < 1.29 is 80.2 Å². The Morgan fingerprint density at radius 1 is 0.284 bits per heavy atom. The number of allylic oxidation sites excluding steroid dienone is 24. The predicted octanol–water partition coefficient (Wildman–Crippen LogP) is 22.7. The van der Waals surface area contributed by atoms with Crippen LogP contribution in [0.2, 0.25) is 0 Å². The molecule has 5 atom stereocenters. The van der Waals surface area contributed by atoms with Gasteiger partial charge in [-0.15, -0.1) is 0 Å². The molecule has 0 heterocycles. The summed E-state index contributed by atoms with van der Waals surface area (Å²) >= 11 is 0. The molecule has 3 N–H and O–H groups in total. The van der Waals surface area contributed by atoms with Gasteiger partial charge in [0.15, 0.2) is 12.2 Å². The van der Waals surface area contributed by atoms with Crippen molar-refractivity contribution in [2.24, 2.45) is 0 Å². The second-order valence-corrected chi connectivity index (χ2v) is 28.4. The lowest BCUT2D eigenvalue weighted by Gasteiger charge is -2.21. The van der Waals surface area contributed by atoms with Crippen LogP contribution >= 0.6 is 15.6 Å². The molecule has 0 aromatic carbocycles. The van der Waals surface area contributed by atoms with E-state index in [0.717, 1.165) is 180 Å².